The molecule has 0 bridgehead atoms. The van der Waals surface area contributed by atoms with E-state index in [1.807, 2.05) is 71.3 Å². The van der Waals surface area contributed by atoms with E-state index in [0.29, 0.717) is 17.2 Å². The summed E-state index contributed by atoms with van der Waals surface area (Å²) >= 11 is 0. The fourth-order valence-corrected chi connectivity index (χ4v) is 3.72. The van der Waals surface area contributed by atoms with Crippen molar-refractivity contribution in [2.24, 2.45) is 0 Å². The van der Waals surface area contributed by atoms with Crippen molar-refractivity contribution in [3.63, 3.8) is 0 Å². The first-order valence-corrected chi connectivity index (χ1v) is 9.68. The van der Waals surface area contributed by atoms with E-state index in [4.69, 9.17) is 0 Å². The van der Waals surface area contributed by atoms with E-state index in [2.05, 4.69) is 10.3 Å². The van der Waals surface area contributed by atoms with Crippen molar-refractivity contribution in [2.75, 3.05) is 5.32 Å². The highest BCUT2D eigenvalue weighted by Crippen LogP contribution is 2.29. The zero-order valence-electron chi connectivity index (χ0n) is 16.0. The Kier molecular flexibility index (Phi) is 4.48. The van der Waals surface area contributed by atoms with Gasteiger partial charge in [0.25, 0.3) is 0 Å². The topological polar surface area (TPSA) is 46.4 Å². The first-order chi connectivity index (χ1) is 14.7. The van der Waals surface area contributed by atoms with Crippen molar-refractivity contribution < 1.29 is 9.18 Å². The van der Waals surface area contributed by atoms with Gasteiger partial charge in [0.1, 0.15) is 23.0 Å². The second-order valence-electron chi connectivity index (χ2n) is 7.11. The minimum absolute atomic E-state index is 0.139. The molecule has 0 aliphatic heterocycles. The van der Waals surface area contributed by atoms with Crippen molar-refractivity contribution in [1.29, 1.82) is 0 Å². The van der Waals surface area contributed by atoms with Crippen LogP contribution in [0.1, 0.15) is 5.56 Å². The zero-order valence-corrected chi connectivity index (χ0v) is 16.0. The third kappa shape index (κ3) is 3.31. The standard InChI is InChI=1S/C25H18FN3O/c26-20-13-11-18(12-14-20)24-25(29-15-4-3-10-22(29)27-24)28-23(30)16-19-8-5-7-17-6-1-2-9-21(17)19/h1-15H,16H2,(H,28,30). The van der Waals surface area contributed by atoms with Crippen LogP contribution in [0.25, 0.3) is 27.7 Å². The fourth-order valence-electron chi connectivity index (χ4n) is 3.72. The number of hydrogen-bond donors (Lipinski definition) is 1. The van der Waals surface area contributed by atoms with Gasteiger partial charge < -0.3 is 5.32 Å². The summed E-state index contributed by atoms with van der Waals surface area (Å²) in [4.78, 5) is 17.6. The summed E-state index contributed by atoms with van der Waals surface area (Å²) in [5.41, 5.74) is 3.01. The number of imidazole rings is 1. The Morgan fingerprint density at radius 1 is 0.900 bits per heavy atom. The number of nitrogens with one attached hydrogen (secondary N) is 1. The molecule has 2 aromatic heterocycles. The van der Waals surface area contributed by atoms with E-state index < -0.39 is 0 Å². The van der Waals surface area contributed by atoms with Gasteiger partial charge in [-0.25, -0.2) is 9.37 Å². The average molecular weight is 395 g/mol. The highest BCUT2D eigenvalue weighted by molar-refractivity contribution is 5.98. The van der Waals surface area contributed by atoms with Crippen molar-refractivity contribution in [3.8, 4) is 11.3 Å². The van der Waals surface area contributed by atoms with Crippen molar-refractivity contribution in [1.82, 2.24) is 9.38 Å². The van der Waals surface area contributed by atoms with E-state index >= 15 is 0 Å². The summed E-state index contributed by atoms with van der Waals surface area (Å²) in [6.07, 6.45) is 2.09. The van der Waals surface area contributed by atoms with Gasteiger partial charge in [0.05, 0.1) is 6.42 Å². The van der Waals surface area contributed by atoms with Gasteiger partial charge in [0.2, 0.25) is 5.91 Å². The number of rotatable bonds is 4. The molecule has 0 saturated heterocycles. The van der Waals surface area contributed by atoms with Crippen LogP contribution in [-0.2, 0) is 11.2 Å². The maximum absolute atomic E-state index is 13.4. The second kappa shape index (κ2) is 7.44. The SMILES string of the molecule is O=C(Cc1cccc2ccccc12)Nc1c(-c2ccc(F)cc2)nc2ccccn12. The molecule has 1 amide bonds. The molecule has 0 fully saturated rings. The lowest BCUT2D eigenvalue weighted by Gasteiger charge is -2.10. The number of aromatic nitrogens is 2. The van der Waals surface area contributed by atoms with Crippen LogP contribution in [0.4, 0.5) is 10.2 Å². The summed E-state index contributed by atoms with van der Waals surface area (Å²) in [5, 5.41) is 5.19. The third-order valence-electron chi connectivity index (χ3n) is 5.14. The van der Waals surface area contributed by atoms with Crippen LogP contribution in [0, 0.1) is 5.82 Å². The molecule has 3 aromatic carbocycles. The van der Waals surface area contributed by atoms with Crippen LogP contribution in [0.5, 0.6) is 0 Å². The normalized spacial score (nSPS) is 11.1. The zero-order chi connectivity index (χ0) is 20.5. The highest BCUT2D eigenvalue weighted by atomic mass is 19.1. The Labute approximate surface area is 172 Å². The molecule has 0 unspecified atom stereocenters. The average Bonchev–Trinajstić information content (AvgIpc) is 3.13. The molecule has 5 aromatic rings. The Morgan fingerprint density at radius 2 is 1.67 bits per heavy atom. The Bertz CT molecular complexity index is 1370. The van der Waals surface area contributed by atoms with Gasteiger partial charge in [0, 0.05) is 11.8 Å². The Hall–Kier alpha value is -3.99. The highest BCUT2D eigenvalue weighted by Gasteiger charge is 2.17. The van der Waals surface area contributed by atoms with E-state index in [1.54, 1.807) is 12.1 Å². The summed E-state index contributed by atoms with van der Waals surface area (Å²) in [5.74, 6) is 0.117. The van der Waals surface area contributed by atoms with Crippen LogP contribution >= 0.6 is 0 Å². The van der Waals surface area contributed by atoms with Crippen molar-refractivity contribution >= 4 is 28.1 Å². The molecule has 30 heavy (non-hydrogen) atoms. The number of fused-ring (bicyclic) bond motifs is 2. The van der Waals surface area contributed by atoms with Gasteiger partial charge in [-0.15, -0.1) is 0 Å². The van der Waals surface area contributed by atoms with Crippen LogP contribution in [-0.4, -0.2) is 15.3 Å². The van der Waals surface area contributed by atoms with Gasteiger partial charge in [-0.05, 0) is 52.7 Å². The molecule has 0 aliphatic rings. The van der Waals surface area contributed by atoms with E-state index in [0.717, 1.165) is 21.9 Å². The number of anilines is 1. The van der Waals surface area contributed by atoms with Gasteiger partial charge >= 0.3 is 0 Å². The maximum atomic E-state index is 13.4. The molecule has 0 radical (unpaired) electrons. The number of pyridine rings is 1. The van der Waals surface area contributed by atoms with Gasteiger partial charge in [-0.3, -0.25) is 9.20 Å². The molecule has 5 rings (SSSR count). The number of amides is 1. The first kappa shape index (κ1) is 18.1. The summed E-state index contributed by atoms with van der Waals surface area (Å²) in [7, 11) is 0. The fraction of sp³-hybridized carbons (Fsp3) is 0.0400. The Morgan fingerprint density at radius 3 is 2.53 bits per heavy atom. The molecular weight excluding hydrogens is 377 g/mol. The molecule has 0 saturated carbocycles. The van der Waals surface area contributed by atoms with Crippen LogP contribution in [0.3, 0.4) is 0 Å². The molecule has 2 heterocycles. The van der Waals surface area contributed by atoms with Crippen LogP contribution < -0.4 is 5.32 Å². The second-order valence-corrected chi connectivity index (χ2v) is 7.11. The summed E-state index contributed by atoms with van der Waals surface area (Å²) < 4.78 is 15.2. The Balaban J connectivity index is 1.52. The summed E-state index contributed by atoms with van der Waals surface area (Å²) in [6, 6.07) is 25.7. The number of carbonyl (C=O) groups excluding carboxylic acids is 1. The smallest absolute Gasteiger partial charge is 0.229 e. The maximum Gasteiger partial charge on any atom is 0.229 e. The quantitative estimate of drug-likeness (QED) is 0.438. The van der Waals surface area contributed by atoms with Crippen molar-refractivity contribution in [2.45, 2.75) is 6.42 Å². The lowest BCUT2D eigenvalue weighted by atomic mass is 10.0. The largest absolute Gasteiger partial charge is 0.310 e. The van der Waals surface area contributed by atoms with E-state index in [9.17, 15) is 9.18 Å². The minimum atomic E-state index is -0.316. The lowest BCUT2D eigenvalue weighted by molar-refractivity contribution is -0.115. The number of hydrogen-bond acceptors (Lipinski definition) is 2. The van der Waals surface area contributed by atoms with Gasteiger partial charge in [0.15, 0.2) is 0 Å². The molecule has 0 aliphatic carbocycles. The van der Waals surface area contributed by atoms with Crippen LogP contribution in [0.2, 0.25) is 0 Å². The van der Waals surface area contributed by atoms with Crippen LogP contribution in [0.15, 0.2) is 91.1 Å². The lowest BCUT2D eigenvalue weighted by Crippen LogP contribution is -2.16. The number of benzene rings is 3. The number of nitrogens with zero attached hydrogens (tertiary/aromatic N) is 2. The minimum Gasteiger partial charge on any atom is -0.310 e. The molecular formula is C25H18FN3O. The van der Waals surface area contributed by atoms with Gasteiger partial charge in [-0.2, -0.15) is 0 Å². The molecule has 5 heteroatoms. The number of carbonyl (C=O) groups is 1. The van der Waals surface area contributed by atoms with Gasteiger partial charge in [-0.1, -0.05) is 48.5 Å². The van der Waals surface area contributed by atoms with Crippen molar-refractivity contribution in [3.05, 3.63) is 103 Å². The predicted octanol–water partition coefficient (Wildman–Crippen LogP) is 5.47. The van der Waals surface area contributed by atoms with E-state index in [1.165, 1.54) is 12.1 Å². The predicted molar refractivity (Wildman–Crippen MR) is 117 cm³/mol. The van der Waals surface area contributed by atoms with E-state index in [-0.39, 0.29) is 18.1 Å². The molecule has 0 atom stereocenters. The monoisotopic (exact) mass is 395 g/mol. The number of halogens is 1. The summed E-state index contributed by atoms with van der Waals surface area (Å²) in [6.45, 7) is 0. The molecule has 146 valence electrons. The first-order valence-electron chi connectivity index (χ1n) is 9.68. The molecule has 4 nitrogen and oxygen atoms in total. The third-order valence-corrected chi connectivity index (χ3v) is 5.14. The molecule has 0 spiro atoms. The molecule has 1 N–H and O–H groups in total.